The lowest BCUT2D eigenvalue weighted by molar-refractivity contribution is -0.140. The number of ether oxygens (including phenoxy) is 2. The number of aromatic hydroxyl groups is 1. The maximum Gasteiger partial charge on any atom is 0.317 e. The minimum absolute atomic E-state index is 0.0140. The van der Waals surface area contributed by atoms with Crippen LogP contribution >= 0.6 is 0 Å². The van der Waals surface area contributed by atoms with Gasteiger partial charge in [0.25, 0.3) is 0 Å². The number of carbonyl (C=O) groups is 2. The largest absolute Gasteiger partial charge is 0.506 e. The molecular formula is C42H42F2N12O5. The summed E-state index contributed by atoms with van der Waals surface area (Å²) in [6.45, 7) is 5.39. The molecule has 5 fully saturated rings. The van der Waals surface area contributed by atoms with Crippen molar-refractivity contribution in [3.05, 3.63) is 66.3 Å². The molecule has 2 aromatic carbocycles. The number of aromatic nitrogens is 8. The van der Waals surface area contributed by atoms with Gasteiger partial charge < -0.3 is 38.7 Å². The minimum atomic E-state index is -0.810. The summed E-state index contributed by atoms with van der Waals surface area (Å²) in [6.07, 6.45) is 4.92. The van der Waals surface area contributed by atoms with Gasteiger partial charge in [-0.05, 0) is 57.4 Å². The van der Waals surface area contributed by atoms with Crippen molar-refractivity contribution in [1.82, 2.24) is 49.1 Å². The van der Waals surface area contributed by atoms with Crippen LogP contribution in [0.1, 0.15) is 38.4 Å². The van der Waals surface area contributed by atoms with E-state index in [0.29, 0.717) is 71.1 Å². The van der Waals surface area contributed by atoms with Gasteiger partial charge in [-0.1, -0.05) is 0 Å². The number of benzene rings is 2. The molecule has 19 heteroatoms. The second kappa shape index (κ2) is 14.0. The summed E-state index contributed by atoms with van der Waals surface area (Å²) in [5.41, 5.74) is 2.58. The molecule has 17 nitrogen and oxygen atoms in total. The third kappa shape index (κ3) is 6.18. The van der Waals surface area contributed by atoms with Gasteiger partial charge in [0.05, 0.1) is 53.5 Å². The van der Waals surface area contributed by atoms with Crippen molar-refractivity contribution in [2.24, 2.45) is 0 Å². The Morgan fingerprint density at radius 1 is 0.902 bits per heavy atom. The Morgan fingerprint density at radius 3 is 2.54 bits per heavy atom. The number of piperazine rings is 1. The van der Waals surface area contributed by atoms with Gasteiger partial charge in [-0.2, -0.15) is 20.1 Å². The zero-order valence-corrected chi connectivity index (χ0v) is 33.6. The Hall–Kier alpha value is -6.50. The number of amides is 2. The molecule has 0 spiro atoms. The highest BCUT2D eigenvalue weighted by Gasteiger charge is 2.55. The number of carbonyl (C=O) groups excluding carboxylic acids is 2. The lowest BCUT2D eigenvalue weighted by Gasteiger charge is -2.55. The van der Waals surface area contributed by atoms with Gasteiger partial charge in [-0.3, -0.25) is 9.59 Å². The molecule has 0 radical (unpaired) electrons. The molecule has 12 rings (SSSR count). The van der Waals surface area contributed by atoms with Crippen molar-refractivity contribution >= 4 is 45.6 Å². The van der Waals surface area contributed by atoms with E-state index in [0.717, 1.165) is 18.9 Å². The van der Waals surface area contributed by atoms with Crippen LogP contribution in [-0.2, 0) is 20.9 Å². The van der Waals surface area contributed by atoms with Crippen LogP contribution in [0.25, 0.3) is 39.0 Å². The van der Waals surface area contributed by atoms with Crippen LogP contribution in [0.3, 0.4) is 0 Å². The number of phenols is 1. The van der Waals surface area contributed by atoms with Crippen LogP contribution in [-0.4, -0.2) is 136 Å². The molecule has 4 saturated heterocycles. The molecule has 5 aliphatic heterocycles. The number of aryl methyl sites for hydroxylation is 1. The summed E-state index contributed by atoms with van der Waals surface area (Å²) in [5, 5.41) is 16.0. The zero-order valence-electron chi connectivity index (χ0n) is 33.6. The summed E-state index contributed by atoms with van der Waals surface area (Å²) in [5.74, 6) is -0.306. The smallest absolute Gasteiger partial charge is 0.317 e. The van der Waals surface area contributed by atoms with Gasteiger partial charge in [-0.25, -0.2) is 23.4 Å². The van der Waals surface area contributed by atoms with E-state index < -0.39 is 35.9 Å². The summed E-state index contributed by atoms with van der Waals surface area (Å²) >= 11 is 0. The van der Waals surface area contributed by atoms with Crippen LogP contribution in [0.5, 0.6) is 11.8 Å². The number of anilines is 2. The summed E-state index contributed by atoms with van der Waals surface area (Å²) in [4.78, 5) is 60.1. The molecule has 0 unspecified atom stereocenters. The fraction of sp³-hybridized carbons (Fsp3) is 0.429. The number of likely N-dealkylation sites (N-methyl/N-ethyl adjacent to an activating group) is 1. The second-order valence-electron chi connectivity index (χ2n) is 16.6. The first kappa shape index (κ1) is 37.5. The molecule has 6 aliphatic rings. The zero-order chi connectivity index (χ0) is 41.8. The molecule has 314 valence electrons. The predicted octanol–water partition coefficient (Wildman–Crippen LogP) is 3.77. The molecule has 61 heavy (non-hydrogen) atoms. The van der Waals surface area contributed by atoms with Gasteiger partial charge in [0.1, 0.15) is 52.9 Å². The maximum absolute atomic E-state index is 15.2. The van der Waals surface area contributed by atoms with Gasteiger partial charge in [-0.15, -0.1) is 0 Å². The maximum atomic E-state index is 15.2. The molecule has 2 amide bonds. The highest BCUT2D eigenvalue weighted by atomic mass is 19.1. The number of fused-ring (bicyclic) bond motifs is 8. The number of rotatable bonds is 6. The Balaban J connectivity index is 1.04. The van der Waals surface area contributed by atoms with Crippen LogP contribution in [0.2, 0.25) is 0 Å². The van der Waals surface area contributed by atoms with Crippen molar-refractivity contribution in [2.75, 3.05) is 43.1 Å². The lowest BCUT2D eigenvalue weighted by Crippen LogP contribution is -2.72. The average molecular weight is 833 g/mol. The number of halogens is 2. The first-order valence-corrected chi connectivity index (χ1v) is 20.7. The van der Waals surface area contributed by atoms with E-state index in [1.807, 2.05) is 33.1 Å². The first-order chi connectivity index (χ1) is 29.5. The molecule has 4 aromatic heterocycles. The number of piperidine rings is 1. The van der Waals surface area contributed by atoms with Crippen molar-refractivity contribution in [3.63, 3.8) is 0 Å². The van der Waals surface area contributed by atoms with Gasteiger partial charge in [0.15, 0.2) is 5.65 Å². The monoisotopic (exact) mass is 832 g/mol. The molecule has 6 bridgehead atoms. The van der Waals surface area contributed by atoms with Gasteiger partial charge in [0, 0.05) is 63.1 Å². The van der Waals surface area contributed by atoms with Gasteiger partial charge >= 0.3 is 6.01 Å². The number of hydrogen-bond acceptors (Lipinski definition) is 13. The predicted molar refractivity (Wildman–Crippen MR) is 216 cm³/mol. The van der Waals surface area contributed by atoms with E-state index in [1.165, 1.54) is 28.9 Å². The van der Waals surface area contributed by atoms with E-state index in [-0.39, 0.29) is 66.8 Å². The van der Waals surface area contributed by atoms with Crippen LogP contribution in [0.15, 0.2) is 48.8 Å². The molecule has 9 heterocycles. The summed E-state index contributed by atoms with van der Waals surface area (Å²) < 4.78 is 45.6. The molecule has 1 aliphatic carbocycles. The minimum Gasteiger partial charge on any atom is -0.506 e. The Bertz CT molecular complexity index is 2780. The average Bonchev–Trinajstić information content (AvgIpc) is 3.74. The Labute approximate surface area is 347 Å². The van der Waals surface area contributed by atoms with E-state index in [9.17, 15) is 19.1 Å². The topological polar surface area (TPSA) is 173 Å². The molecule has 6 aromatic rings. The standard InChI is InChI=1S/C42H42F2N12O5/c1-4-60-27-18-51(3)39(58)33-15-26(61-42-45-10-9-30(48-42)28-11-23(44)12-31-36(28)52(20-27)21(2)47-31)19-54(33)37-29-16-46-56(32-8-5-22(43)13-35(32)57)38(29)50-41(49-37)55-25-14-34(55)40(59)53(17-25)24-6-7-24/h5,8-13,16,24-27,33-34,57H,4,6-7,14-15,17-20H2,1-3H3/t25-,26-,27-,33-,34+/m0/s1. The molecule has 1 saturated carbocycles. The third-order valence-electron chi connectivity index (χ3n) is 12.6. The molecular weight excluding hydrogens is 791 g/mol. The number of imidazole rings is 1. The van der Waals surface area contributed by atoms with Crippen LogP contribution in [0.4, 0.5) is 20.5 Å². The van der Waals surface area contributed by atoms with E-state index >= 15 is 4.39 Å². The second-order valence-corrected chi connectivity index (χ2v) is 16.6. The lowest BCUT2D eigenvalue weighted by atomic mass is 9.87. The highest BCUT2D eigenvalue weighted by molar-refractivity contribution is 5.95. The van der Waals surface area contributed by atoms with Crippen molar-refractivity contribution < 1.29 is 33.0 Å². The number of phenolic OH excluding ortho intramolecular Hbond substituents is 1. The number of hydrogen-bond donors (Lipinski definition) is 1. The van der Waals surface area contributed by atoms with Crippen molar-refractivity contribution in [3.8, 4) is 28.7 Å². The SMILES string of the molecule is CCO[C@H]1CN(C)C(=O)[C@@H]2C[C@@H](CN2c2nc(N3[C@H]4C[C@@H]3C(=O)N(C3CC3)C4)nc3c2cnn3-c2ccc(F)cc2O)Oc2nccc(n2)-c2cc(F)cc3nc(C)n(c23)C1. The summed E-state index contributed by atoms with van der Waals surface area (Å²) in [6, 6.07) is 7.20. The van der Waals surface area contributed by atoms with E-state index in [2.05, 4.69) is 15.1 Å². The Kier molecular flexibility index (Phi) is 8.63. The van der Waals surface area contributed by atoms with E-state index in [4.69, 9.17) is 24.4 Å². The van der Waals surface area contributed by atoms with Crippen molar-refractivity contribution in [2.45, 2.75) is 82.5 Å². The summed E-state index contributed by atoms with van der Waals surface area (Å²) in [7, 11) is 1.74. The number of nitrogens with zero attached hydrogens (tertiary/aromatic N) is 12. The Morgan fingerprint density at radius 2 is 1.75 bits per heavy atom. The molecule has 1 N–H and O–H groups in total. The first-order valence-electron chi connectivity index (χ1n) is 20.7. The quantitative estimate of drug-likeness (QED) is 0.257. The molecule has 5 atom stereocenters. The highest BCUT2D eigenvalue weighted by Crippen LogP contribution is 2.43. The van der Waals surface area contributed by atoms with Crippen molar-refractivity contribution in [1.29, 1.82) is 0 Å². The van der Waals surface area contributed by atoms with Gasteiger partial charge in [0.2, 0.25) is 17.8 Å². The van der Waals surface area contributed by atoms with Crippen LogP contribution in [0, 0.1) is 18.6 Å². The third-order valence-corrected chi connectivity index (χ3v) is 12.6. The van der Waals surface area contributed by atoms with Crippen LogP contribution < -0.4 is 14.5 Å². The van der Waals surface area contributed by atoms with E-state index in [1.54, 1.807) is 30.4 Å². The fourth-order valence-corrected chi connectivity index (χ4v) is 9.65. The fourth-order valence-electron chi connectivity index (χ4n) is 9.65. The normalized spacial score (nSPS) is 24.0.